The summed E-state index contributed by atoms with van der Waals surface area (Å²) in [5.41, 5.74) is 1.13. The molecule has 6 heteroatoms. The first-order chi connectivity index (χ1) is 9.67. The van der Waals surface area contributed by atoms with E-state index >= 15 is 0 Å². The molecule has 1 aromatic carbocycles. The Labute approximate surface area is 124 Å². The number of nitrogens with one attached hydrogen (secondary N) is 1. The molecule has 0 bridgehead atoms. The van der Waals surface area contributed by atoms with Crippen LogP contribution in [0.1, 0.15) is 17.9 Å². The van der Waals surface area contributed by atoms with Crippen molar-refractivity contribution in [3.05, 3.63) is 46.3 Å². The van der Waals surface area contributed by atoms with E-state index < -0.39 is 0 Å². The quantitative estimate of drug-likeness (QED) is 0.929. The maximum Gasteiger partial charge on any atom is 0.232 e. The van der Waals surface area contributed by atoms with Gasteiger partial charge in [0.1, 0.15) is 5.82 Å². The van der Waals surface area contributed by atoms with Gasteiger partial charge in [0.15, 0.2) is 0 Å². The Morgan fingerprint density at radius 1 is 1.35 bits per heavy atom. The lowest BCUT2D eigenvalue weighted by Crippen LogP contribution is -2.08. The van der Waals surface area contributed by atoms with Crippen molar-refractivity contribution in [2.24, 2.45) is 0 Å². The highest BCUT2D eigenvalue weighted by Gasteiger charge is 2.38. The maximum atomic E-state index is 12.9. The van der Waals surface area contributed by atoms with E-state index in [1.165, 1.54) is 12.1 Å². The van der Waals surface area contributed by atoms with Crippen LogP contribution in [0.25, 0.3) is 0 Å². The lowest BCUT2D eigenvalue weighted by atomic mass is 10.1. The molecule has 1 aliphatic carbocycles. The molecule has 0 saturated heterocycles. The van der Waals surface area contributed by atoms with Crippen molar-refractivity contribution in [2.75, 3.05) is 12.4 Å². The molecule has 0 spiro atoms. The first kappa shape index (κ1) is 13.3. The molecule has 0 aliphatic heterocycles. The standard InChI is InChI=1S/C14H13BrFN3O/c1-20-13-11(15)7-17-14(19-13)18-12-6-10(12)8-2-4-9(16)5-3-8/h2-5,7,10,12H,6H2,1H3,(H,17,18,19)/t10-,12+/m0/s1. The molecule has 0 unspecified atom stereocenters. The average Bonchev–Trinajstić information content (AvgIpc) is 3.21. The Morgan fingerprint density at radius 3 is 2.80 bits per heavy atom. The highest BCUT2D eigenvalue weighted by atomic mass is 79.9. The summed E-state index contributed by atoms with van der Waals surface area (Å²) in [5.74, 6) is 1.22. The SMILES string of the molecule is COc1nc(N[C@@H]2C[C@H]2c2ccc(F)cc2)ncc1Br. The minimum atomic E-state index is -0.208. The number of aromatic nitrogens is 2. The van der Waals surface area contributed by atoms with E-state index in [-0.39, 0.29) is 11.9 Å². The van der Waals surface area contributed by atoms with Crippen LogP contribution in [0.5, 0.6) is 5.88 Å². The Hall–Kier alpha value is -1.69. The maximum absolute atomic E-state index is 12.9. The van der Waals surface area contributed by atoms with Crippen molar-refractivity contribution in [1.82, 2.24) is 9.97 Å². The van der Waals surface area contributed by atoms with Crippen LogP contribution >= 0.6 is 15.9 Å². The number of nitrogens with zero attached hydrogens (tertiary/aromatic N) is 2. The third kappa shape index (κ3) is 2.75. The molecular formula is C14H13BrFN3O. The lowest BCUT2D eigenvalue weighted by Gasteiger charge is -2.07. The van der Waals surface area contributed by atoms with Crippen LogP contribution in [0, 0.1) is 5.82 Å². The van der Waals surface area contributed by atoms with Gasteiger partial charge in [-0.1, -0.05) is 12.1 Å². The van der Waals surface area contributed by atoms with E-state index in [9.17, 15) is 4.39 Å². The zero-order chi connectivity index (χ0) is 14.1. The minimum Gasteiger partial charge on any atom is -0.480 e. The topological polar surface area (TPSA) is 47.0 Å². The molecule has 104 valence electrons. The van der Waals surface area contributed by atoms with Gasteiger partial charge < -0.3 is 10.1 Å². The fourth-order valence-electron chi connectivity index (χ4n) is 2.16. The second-order valence-corrected chi connectivity index (χ2v) is 5.55. The number of rotatable bonds is 4. The summed E-state index contributed by atoms with van der Waals surface area (Å²) in [5, 5.41) is 3.26. The number of hydrogen-bond acceptors (Lipinski definition) is 4. The van der Waals surface area contributed by atoms with Crippen LogP contribution in [-0.2, 0) is 0 Å². The summed E-state index contributed by atoms with van der Waals surface area (Å²) in [6.07, 6.45) is 2.65. The van der Waals surface area contributed by atoms with Crippen LogP contribution in [-0.4, -0.2) is 23.1 Å². The molecule has 1 aliphatic rings. The summed E-state index contributed by atoms with van der Waals surface area (Å²) in [7, 11) is 1.56. The van der Waals surface area contributed by atoms with Crippen LogP contribution in [0.15, 0.2) is 34.9 Å². The zero-order valence-corrected chi connectivity index (χ0v) is 12.4. The summed E-state index contributed by atoms with van der Waals surface area (Å²) in [4.78, 5) is 8.46. The number of hydrogen-bond donors (Lipinski definition) is 1. The van der Waals surface area contributed by atoms with Crippen LogP contribution in [0.3, 0.4) is 0 Å². The van der Waals surface area contributed by atoms with E-state index in [4.69, 9.17) is 4.74 Å². The molecule has 4 nitrogen and oxygen atoms in total. The van der Waals surface area contributed by atoms with Crippen molar-refractivity contribution < 1.29 is 9.13 Å². The second kappa shape index (κ2) is 5.36. The van der Waals surface area contributed by atoms with Gasteiger partial charge in [0.25, 0.3) is 0 Å². The van der Waals surface area contributed by atoms with Crippen molar-refractivity contribution in [1.29, 1.82) is 0 Å². The summed E-state index contributed by atoms with van der Waals surface area (Å²) < 4.78 is 18.7. The molecule has 1 heterocycles. The van der Waals surface area contributed by atoms with E-state index in [0.717, 1.165) is 16.5 Å². The van der Waals surface area contributed by atoms with E-state index in [1.54, 1.807) is 13.3 Å². The third-order valence-electron chi connectivity index (χ3n) is 3.31. The zero-order valence-electron chi connectivity index (χ0n) is 10.8. The summed E-state index contributed by atoms with van der Waals surface area (Å²) in [6, 6.07) is 6.91. The van der Waals surface area contributed by atoms with Crippen LogP contribution in [0.2, 0.25) is 0 Å². The van der Waals surface area contributed by atoms with Crippen molar-refractivity contribution in [2.45, 2.75) is 18.4 Å². The Balaban J connectivity index is 1.67. The smallest absolute Gasteiger partial charge is 0.232 e. The van der Waals surface area contributed by atoms with Gasteiger partial charge in [-0.05, 0) is 40.0 Å². The average molecular weight is 338 g/mol. The summed E-state index contributed by atoms with van der Waals surface area (Å²) >= 11 is 3.31. The van der Waals surface area contributed by atoms with Gasteiger partial charge in [0.2, 0.25) is 11.8 Å². The normalized spacial score (nSPS) is 20.6. The van der Waals surface area contributed by atoms with Crippen molar-refractivity contribution >= 4 is 21.9 Å². The van der Waals surface area contributed by atoms with Gasteiger partial charge in [-0.2, -0.15) is 4.98 Å². The number of ether oxygens (including phenoxy) is 1. The molecule has 2 atom stereocenters. The molecular weight excluding hydrogens is 325 g/mol. The number of anilines is 1. The molecule has 3 rings (SSSR count). The van der Waals surface area contributed by atoms with Gasteiger partial charge in [-0.25, -0.2) is 9.37 Å². The van der Waals surface area contributed by atoms with Gasteiger partial charge in [-0.15, -0.1) is 0 Å². The van der Waals surface area contributed by atoms with Gasteiger partial charge in [0.05, 0.1) is 17.8 Å². The van der Waals surface area contributed by atoms with E-state index in [0.29, 0.717) is 17.7 Å². The van der Waals surface area contributed by atoms with Gasteiger partial charge >= 0.3 is 0 Å². The molecule has 1 aromatic heterocycles. The fraction of sp³-hybridized carbons (Fsp3) is 0.286. The predicted molar refractivity (Wildman–Crippen MR) is 77.5 cm³/mol. The summed E-state index contributed by atoms with van der Waals surface area (Å²) in [6.45, 7) is 0. The van der Waals surface area contributed by atoms with E-state index in [1.807, 2.05) is 12.1 Å². The van der Waals surface area contributed by atoms with E-state index in [2.05, 4.69) is 31.2 Å². The van der Waals surface area contributed by atoms with Crippen molar-refractivity contribution in [3.8, 4) is 5.88 Å². The Bertz CT molecular complexity index is 620. The van der Waals surface area contributed by atoms with Gasteiger partial charge in [-0.3, -0.25) is 0 Å². The van der Waals surface area contributed by atoms with Crippen LogP contribution in [0.4, 0.5) is 10.3 Å². The first-order valence-electron chi connectivity index (χ1n) is 6.26. The molecule has 2 aromatic rings. The van der Waals surface area contributed by atoms with Gasteiger partial charge in [0, 0.05) is 12.0 Å². The lowest BCUT2D eigenvalue weighted by molar-refractivity contribution is 0.394. The molecule has 0 amide bonds. The highest BCUT2D eigenvalue weighted by Crippen LogP contribution is 2.42. The largest absolute Gasteiger partial charge is 0.480 e. The monoisotopic (exact) mass is 337 g/mol. The predicted octanol–water partition coefficient (Wildman–Crippen LogP) is 3.35. The molecule has 1 fully saturated rings. The number of methoxy groups -OCH3 is 1. The molecule has 1 N–H and O–H groups in total. The Kier molecular flexibility index (Phi) is 3.56. The van der Waals surface area contributed by atoms with Crippen LogP contribution < -0.4 is 10.1 Å². The third-order valence-corrected chi connectivity index (χ3v) is 3.85. The first-order valence-corrected chi connectivity index (χ1v) is 7.05. The fourth-order valence-corrected chi connectivity index (χ4v) is 2.52. The molecule has 0 radical (unpaired) electrons. The number of halogens is 2. The second-order valence-electron chi connectivity index (χ2n) is 4.70. The van der Waals surface area contributed by atoms with Crippen molar-refractivity contribution in [3.63, 3.8) is 0 Å². The molecule has 1 saturated carbocycles. The highest BCUT2D eigenvalue weighted by molar-refractivity contribution is 9.10. The molecule has 20 heavy (non-hydrogen) atoms. The minimum absolute atomic E-state index is 0.208. The number of benzene rings is 1. The Morgan fingerprint density at radius 2 is 2.10 bits per heavy atom.